The van der Waals surface area contributed by atoms with Crippen LogP contribution in [0.25, 0.3) is 0 Å². The van der Waals surface area contributed by atoms with Gasteiger partial charge >= 0.3 is 0 Å². The van der Waals surface area contributed by atoms with E-state index in [1.54, 1.807) is 6.92 Å². The third-order valence-electron chi connectivity index (χ3n) is 1.13. The Balaban J connectivity index is 3.06. The summed E-state index contributed by atoms with van der Waals surface area (Å²) in [6.45, 7) is 1.80. The smallest absolute Gasteiger partial charge is 0.223 e. The molecule has 0 fully saturated rings. The molecule has 0 spiro atoms. The third kappa shape index (κ3) is 1.43. The number of hydrogen-bond acceptors (Lipinski definition) is 4. The second-order valence-corrected chi connectivity index (χ2v) is 2.01. The fourth-order valence-corrected chi connectivity index (χ4v) is 0.718. The molecule has 4 nitrogen and oxygen atoms in total. The van der Waals surface area contributed by atoms with Crippen LogP contribution in [0.3, 0.4) is 0 Å². The zero-order valence-corrected chi connectivity index (χ0v) is 6.13. The molecule has 1 aromatic heterocycles. The number of rotatable bonds is 1. The van der Waals surface area contributed by atoms with Gasteiger partial charge in [0.1, 0.15) is 19.5 Å². The van der Waals surface area contributed by atoms with Gasteiger partial charge in [-0.2, -0.15) is 9.97 Å². The van der Waals surface area contributed by atoms with Crippen LogP contribution in [0.2, 0.25) is 0 Å². The van der Waals surface area contributed by atoms with E-state index in [2.05, 4.69) is 15.0 Å². The Kier molecular flexibility index (Phi) is 1.84. The maximum Gasteiger partial charge on any atom is 0.223 e. The summed E-state index contributed by atoms with van der Waals surface area (Å²) in [7, 11) is 1.98. The van der Waals surface area contributed by atoms with Gasteiger partial charge in [-0.25, -0.2) is 4.98 Å². The first-order valence-corrected chi connectivity index (χ1v) is 3.19. The summed E-state index contributed by atoms with van der Waals surface area (Å²) in [6, 6.07) is 0. The fourth-order valence-electron chi connectivity index (χ4n) is 0.718. The monoisotopic (exact) mass is 136 g/mol. The van der Waals surface area contributed by atoms with Gasteiger partial charge in [0.05, 0.1) is 0 Å². The van der Waals surface area contributed by atoms with Crippen LogP contribution in [0, 0.1) is 6.92 Å². The minimum Gasteiger partial charge on any atom is -0.368 e. The van der Waals surface area contributed by atoms with Crippen LogP contribution in [-0.2, 0) is 6.32 Å². The van der Waals surface area contributed by atoms with Gasteiger partial charge in [-0.15, -0.1) is 0 Å². The average molecular weight is 136 g/mol. The minimum atomic E-state index is 0.310. The Labute approximate surface area is 60.3 Å². The molecule has 10 heavy (non-hydrogen) atoms. The van der Waals surface area contributed by atoms with E-state index in [0.29, 0.717) is 11.8 Å². The first-order valence-electron chi connectivity index (χ1n) is 3.19. The Bertz CT molecular complexity index is 217. The highest BCUT2D eigenvalue weighted by Gasteiger charge is 1.96. The van der Waals surface area contributed by atoms with Gasteiger partial charge in [0.2, 0.25) is 5.95 Å². The molecule has 2 N–H and O–H groups in total. The normalized spacial score (nSPS) is 9.70. The number of nitrogens with zero attached hydrogens (tertiary/aromatic N) is 3. The number of anilines is 1. The lowest BCUT2D eigenvalue weighted by Gasteiger charge is -1.96. The van der Waals surface area contributed by atoms with Crippen molar-refractivity contribution in [2.45, 2.75) is 13.2 Å². The molecule has 0 bridgehead atoms. The van der Waals surface area contributed by atoms with Gasteiger partial charge in [0.15, 0.2) is 0 Å². The lowest BCUT2D eigenvalue weighted by atomic mass is 10.1. The largest absolute Gasteiger partial charge is 0.368 e. The van der Waals surface area contributed by atoms with Crippen LogP contribution >= 0.6 is 0 Å². The Morgan fingerprint density at radius 1 is 1.40 bits per heavy atom. The van der Waals surface area contributed by atoms with Crippen LogP contribution in [-0.4, -0.2) is 22.8 Å². The number of aryl methyl sites for hydroxylation is 1. The molecule has 0 unspecified atom stereocenters. The van der Waals surface area contributed by atoms with Gasteiger partial charge in [-0.3, -0.25) is 0 Å². The second-order valence-electron chi connectivity index (χ2n) is 2.01. The van der Waals surface area contributed by atoms with E-state index in [4.69, 9.17) is 5.73 Å². The molecule has 0 aliphatic heterocycles. The van der Waals surface area contributed by atoms with Crippen LogP contribution in [0.1, 0.15) is 11.6 Å². The van der Waals surface area contributed by atoms with Gasteiger partial charge in [-0.05, 0) is 13.2 Å². The number of nitrogens with two attached hydrogens (primary N) is 1. The molecule has 0 saturated carbocycles. The fraction of sp³-hybridized carbons (Fsp3) is 0.400. The van der Waals surface area contributed by atoms with Crippen LogP contribution in [0.15, 0.2) is 0 Å². The van der Waals surface area contributed by atoms with E-state index in [1.807, 2.05) is 7.85 Å². The quantitative estimate of drug-likeness (QED) is 0.497. The molecule has 0 atom stereocenters. The van der Waals surface area contributed by atoms with Crippen molar-refractivity contribution in [1.82, 2.24) is 15.0 Å². The highest BCUT2D eigenvalue weighted by atomic mass is 15.1. The molecular formula is C5H9BN4. The van der Waals surface area contributed by atoms with Crippen molar-refractivity contribution >= 4 is 13.8 Å². The number of nitrogen functional groups attached to an aromatic ring is 1. The van der Waals surface area contributed by atoms with Crippen molar-refractivity contribution < 1.29 is 0 Å². The molecule has 0 radical (unpaired) electrons. The van der Waals surface area contributed by atoms with Crippen molar-refractivity contribution in [3.8, 4) is 0 Å². The first-order chi connectivity index (χ1) is 4.72. The summed E-state index contributed by atoms with van der Waals surface area (Å²) in [5, 5.41) is 0. The van der Waals surface area contributed by atoms with Gasteiger partial charge in [0, 0.05) is 0 Å². The van der Waals surface area contributed by atoms with Crippen LogP contribution in [0.5, 0.6) is 0 Å². The molecule has 0 amide bonds. The first kappa shape index (κ1) is 6.99. The van der Waals surface area contributed by atoms with E-state index in [1.165, 1.54) is 0 Å². The van der Waals surface area contributed by atoms with E-state index in [0.717, 1.165) is 12.1 Å². The molecule has 1 rings (SSSR count). The Hall–Kier alpha value is -1.13. The molecular weight excluding hydrogens is 127 g/mol. The molecule has 52 valence electrons. The highest BCUT2D eigenvalue weighted by molar-refractivity contribution is 6.07. The summed E-state index contributed by atoms with van der Waals surface area (Å²) in [6.07, 6.45) is 0.799. The summed E-state index contributed by atoms with van der Waals surface area (Å²) >= 11 is 0. The zero-order chi connectivity index (χ0) is 7.56. The second kappa shape index (κ2) is 2.64. The van der Waals surface area contributed by atoms with Crippen LogP contribution in [0.4, 0.5) is 5.95 Å². The maximum atomic E-state index is 5.37. The molecule has 0 aliphatic carbocycles. The predicted octanol–water partition coefficient (Wildman–Crippen LogP) is -1.10. The topological polar surface area (TPSA) is 64.7 Å². The lowest BCUT2D eigenvalue weighted by molar-refractivity contribution is 0.920. The molecule has 5 heteroatoms. The van der Waals surface area contributed by atoms with Crippen LogP contribution < -0.4 is 5.73 Å². The van der Waals surface area contributed by atoms with Gasteiger partial charge in [-0.1, -0.05) is 0 Å². The third-order valence-corrected chi connectivity index (χ3v) is 1.13. The Morgan fingerprint density at radius 2 is 2.10 bits per heavy atom. The lowest BCUT2D eigenvalue weighted by Crippen LogP contribution is -2.04. The minimum absolute atomic E-state index is 0.310. The van der Waals surface area contributed by atoms with Crippen molar-refractivity contribution in [3.05, 3.63) is 11.6 Å². The van der Waals surface area contributed by atoms with E-state index in [-0.39, 0.29) is 0 Å². The van der Waals surface area contributed by atoms with Crippen molar-refractivity contribution in [2.75, 3.05) is 5.73 Å². The summed E-state index contributed by atoms with van der Waals surface area (Å²) < 4.78 is 0. The van der Waals surface area contributed by atoms with Crippen molar-refractivity contribution in [1.29, 1.82) is 0 Å². The molecule has 0 aromatic carbocycles. The summed E-state index contributed by atoms with van der Waals surface area (Å²) in [5.41, 5.74) is 5.37. The summed E-state index contributed by atoms with van der Waals surface area (Å²) in [5.74, 6) is 1.75. The van der Waals surface area contributed by atoms with E-state index in [9.17, 15) is 0 Å². The molecule has 0 saturated heterocycles. The SMILES string of the molecule is BCc1nc(C)nc(N)n1. The predicted molar refractivity (Wildman–Crippen MR) is 41.2 cm³/mol. The van der Waals surface area contributed by atoms with E-state index >= 15 is 0 Å². The molecule has 1 aromatic rings. The highest BCUT2D eigenvalue weighted by Crippen LogP contribution is 1.94. The standard InChI is InChI=1S/C5H9BN4/c1-3-8-4(2-6)10-5(7)9-3/h2,6H2,1H3,(H2,7,8,9,10). The Morgan fingerprint density at radius 3 is 2.60 bits per heavy atom. The number of aromatic nitrogens is 3. The van der Waals surface area contributed by atoms with Gasteiger partial charge in [0.25, 0.3) is 0 Å². The average Bonchev–Trinajstić information content (AvgIpc) is 1.85. The van der Waals surface area contributed by atoms with Crippen molar-refractivity contribution in [2.24, 2.45) is 0 Å². The zero-order valence-electron chi connectivity index (χ0n) is 6.13. The van der Waals surface area contributed by atoms with Crippen molar-refractivity contribution in [3.63, 3.8) is 0 Å². The number of hydrogen-bond donors (Lipinski definition) is 1. The summed E-state index contributed by atoms with van der Waals surface area (Å²) in [4.78, 5) is 11.8. The molecule has 1 heterocycles. The molecule has 0 aliphatic rings. The van der Waals surface area contributed by atoms with Gasteiger partial charge < -0.3 is 5.73 Å². The van der Waals surface area contributed by atoms with E-state index < -0.39 is 0 Å². The maximum absolute atomic E-state index is 5.37.